The molecule has 2 aliphatic rings. The number of allylic oxidation sites excluding steroid dienone is 2. The van der Waals surface area contributed by atoms with Crippen molar-refractivity contribution in [3.63, 3.8) is 0 Å². The standard InChI is InChI=1S/C21H22N4O3/c26-21-18-12-5-6-13-19(18)22-20(15-8-7-11-17(14-15)25(27)28)24(21)23-16-9-3-1-2-4-10-16/h5-9,11-14,20,22-23H,1-4,10H2. The highest BCUT2D eigenvalue weighted by molar-refractivity contribution is 6.01. The number of para-hydroxylation sites is 1. The summed E-state index contributed by atoms with van der Waals surface area (Å²) in [4.78, 5) is 24.0. The van der Waals surface area contributed by atoms with Gasteiger partial charge in [-0.1, -0.05) is 36.8 Å². The van der Waals surface area contributed by atoms with Crippen LogP contribution in [0.1, 0.15) is 54.2 Å². The van der Waals surface area contributed by atoms with E-state index >= 15 is 0 Å². The third kappa shape index (κ3) is 3.55. The molecule has 2 aromatic carbocycles. The van der Waals surface area contributed by atoms with Gasteiger partial charge in [-0.2, -0.15) is 0 Å². The fourth-order valence-electron chi connectivity index (χ4n) is 3.68. The normalized spacial score (nSPS) is 19.1. The molecule has 0 bridgehead atoms. The topological polar surface area (TPSA) is 87.5 Å². The fraction of sp³-hybridized carbons (Fsp3) is 0.286. The number of non-ortho nitro benzene ring substituents is 1. The average Bonchev–Trinajstić information content (AvgIpc) is 2.99. The van der Waals surface area contributed by atoms with Gasteiger partial charge in [0.1, 0.15) is 6.17 Å². The number of hydrogen-bond acceptors (Lipinski definition) is 5. The van der Waals surface area contributed by atoms with Gasteiger partial charge in [0.2, 0.25) is 0 Å². The summed E-state index contributed by atoms with van der Waals surface area (Å²) >= 11 is 0. The Morgan fingerprint density at radius 2 is 1.96 bits per heavy atom. The van der Waals surface area contributed by atoms with Crippen molar-refractivity contribution in [3.05, 3.63) is 81.5 Å². The van der Waals surface area contributed by atoms with Crippen LogP contribution in [0.5, 0.6) is 0 Å². The zero-order valence-electron chi connectivity index (χ0n) is 15.4. The third-order valence-electron chi connectivity index (χ3n) is 5.13. The Labute approximate surface area is 163 Å². The van der Waals surface area contributed by atoms with Crippen molar-refractivity contribution >= 4 is 17.3 Å². The average molecular weight is 378 g/mol. The summed E-state index contributed by atoms with van der Waals surface area (Å²) in [6.07, 6.45) is 6.85. The zero-order valence-corrected chi connectivity index (χ0v) is 15.4. The number of carbonyl (C=O) groups is 1. The number of nitrogens with one attached hydrogen (secondary N) is 2. The first-order valence-electron chi connectivity index (χ1n) is 9.52. The number of nitro groups is 1. The van der Waals surface area contributed by atoms with Crippen LogP contribution < -0.4 is 10.7 Å². The van der Waals surface area contributed by atoms with E-state index < -0.39 is 11.1 Å². The summed E-state index contributed by atoms with van der Waals surface area (Å²) in [5.41, 5.74) is 6.26. The van der Waals surface area contributed by atoms with Crippen molar-refractivity contribution in [2.75, 3.05) is 5.32 Å². The van der Waals surface area contributed by atoms with Crippen LogP contribution in [0.2, 0.25) is 0 Å². The summed E-state index contributed by atoms with van der Waals surface area (Å²) in [6.45, 7) is 0. The van der Waals surface area contributed by atoms with Gasteiger partial charge in [-0.15, -0.1) is 0 Å². The summed E-state index contributed by atoms with van der Waals surface area (Å²) in [5, 5.41) is 16.1. The molecule has 2 N–H and O–H groups in total. The minimum atomic E-state index is -0.550. The Balaban J connectivity index is 1.72. The van der Waals surface area contributed by atoms with Gasteiger partial charge in [-0.25, -0.2) is 5.01 Å². The third-order valence-corrected chi connectivity index (χ3v) is 5.13. The number of hydrazine groups is 1. The maximum absolute atomic E-state index is 13.2. The van der Waals surface area contributed by atoms with Crippen molar-refractivity contribution in [1.29, 1.82) is 0 Å². The van der Waals surface area contributed by atoms with Gasteiger partial charge < -0.3 is 5.32 Å². The number of benzene rings is 2. The molecule has 1 heterocycles. The number of nitro benzene ring substituents is 1. The van der Waals surface area contributed by atoms with Crippen LogP contribution in [-0.2, 0) is 0 Å². The van der Waals surface area contributed by atoms with E-state index in [0.29, 0.717) is 11.1 Å². The molecule has 0 saturated carbocycles. The Morgan fingerprint density at radius 1 is 1.11 bits per heavy atom. The Hall–Kier alpha value is -3.35. The summed E-state index contributed by atoms with van der Waals surface area (Å²) in [6, 6.07) is 13.7. The van der Waals surface area contributed by atoms with Crippen molar-refractivity contribution < 1.29 is 9.72 Å². The van der Waals surface area contributed by atoms with Gasteiger partial charge in [-0.05, 0) is 37.8 Å². The first-order valence-corrected chi connectivity index (χ1v) is 9.52. The predicted octanol–water partition coefficient (Wildman–Crippen LogP) is 4.51. The summed E-state index contributed by atoms with van der Waals surface area (Å²) < 4.78 is 0. The fourth-order valence-corrected chi connectivity index (χ4v) is 3.68. The lowest BCUT2D eigenvalue weighted by atomic mass is 10.0. The molecular formula is C21H22N4O3. The molecule has 1 atom stereocenters. The molecule has 0 saturated heterocycles. The van der Waals surface area contributed by atoms with Crippen molar-refractivity contribution in [3.8, 4) is 0 Å². The van der Waals surface area contributed by atoms with Crippen molar-refractivity contribution in [1.82, 2.24) is 10.4 Å². The molecule has 7 nitrogen and oxygen atoms in total. The van der Waals surface area contributed by atoms with Gasteiger partial charge in [0.25, 0.3) is 11.6 Å². The van der Waals surface area contributed by atoms with E-state index in [1.807, 2.05) is 18.2 Å². The first kappa shape index (κ1) is 18.0. The van der Waals surface area contributed by atoms with Gasteiger partial charge >= 0.3 is 0 Å². The number of amides is 1. The lowest BCUT2D eigenvalue weighted by Crippen LogP contribution is -2.50. The lowest BCUT2D eigenvalue weighted by Gasteiger charge is -2.39. The van der Waals surface area contributed by atoms with E-state index in [1.165, 1.54) is 18.6 Å². The van der Waals surface area contributed by atoms with E-state index in [2.05, 4.69) is 16.8 Å². The van der Waals surface area contributed by atoms with Crippen molar-refractivity contribution in [2.45, 2.75) is 38.3 Å². The molecule has 1 unspecified atom stereocenters. The maximum Gasteiger partial charge on any atom is 0.276 e. The van der Waals surface area contributed by atoms with Gasteiger partial charge in [0, 0.05) is 29.1 Å². The Kier molecular flexibility index (Phi) is 4.97. The molecule has 0 radical (unpaired) electrons. The molecule has 1 amide bonds. The number of rotatable bonds is 4. The minimum absolute atomic E-state index is 0.000704. The molecule has 7 heteroatoms. The Morgan fingerprint density at radius 3 is 2.82 bits per heavy atom. The minimum Gasteiger partial charge on any atom is -0.359 e. The number of nitrogens with zero attached hydrogens (tertiary/aromatic N) is 2. The van der Waals surface area contributed by atoms with Crippen LogP contribution in [0.25, 0.3) is 0 Å². The van der Waals surface area contributed by atoms with Crippen LogP contribution in [0.4, 0.5) is 11.4 Å². The van der Waals surface area contributed by atoms with Crippen LogP contribution in [0.3, 0.4) is 0 Å². The van der Waals surface area contributed by atoms with E-state index in [-0.39, 0.29) is 11.6 Å². The molecule has 144 valence electrons. The van der Waals surface area contributed by atoms with Gasteiger partial charge in [-0.3, -0.25) is 20.3 Å². The smallest absolute Gasteiger partial charge is 0.276 e. The molecule has 4 rings (SSSR count). The van der Waals surface area contributed by atoms with Crippen LogP contribution in [0, 0.1) is 10.1 Å². The molecule has 28 heavy (non-hydrogen) atoms. The molecule has 0 fully saturated rings. The zero-order chi connectivity index (χ0) is 19.5. The quantitative estimate of drug-likeness (QED) is 0.603. The number of carbonyl (C=O) groups excluding carboxylic acids is 1. The second kappa shape index (κ2) is 7.72. The van der Waals surface area contributed by atoms with Crippen LogP contribution >= 0.6 is 0 Å². The lowest BCUT2D eigenvalue weighted by molar-refractivity contribution is -0.384. The SMILES string of the molecule is O=C1c2ccccc2NC(c2cccc([N+](=O)[O-])c2)N1NC1=CCCCCC1. The second-order valence-electron chi connectivity index (χ2n) is 7.06. The molecule has 1 aliphatic carbocycles. The largest absolute Gasteiger partial charge is 0.359 e. The number of fused-ring (bicyclic) bond motifs is 1. The monoisotopic (exact) mass is 378 g/mol. The second-order valence-corrected chi connectivity index (χ2v) is 7.06. The highest BCUT2D eigenvalue weighted by Crippen LogP contribution is 2.33. The summed E-state index contributed by atoms with van der Waals surface area (Å²) in [7, 11) is 0. The molecule has 0 spiro atoms. The van der Waals surface area contributed by atoms with E-state index in [9.17, 15) is 14.9 Å². The molecule has 1 aliphatic heterocycles. The first-order chi connectivity index (χ1) is 13.6. The van der Waals surface area contributed by atoms with Crippen molar-refractivity contribution in [2.24, 2.45) is 0 Å². The van der Waals surface area contributed by atoms with Gasteiger partial charge in [0.05, 0.1) is 10.5 Å². The number of hydrogen-bond donors (Lipinski definition) is 2. The van der Waals surface area contributed by atoms with Gasteiger partial charge in [0.15, 0.2) is 0 Å². The highest BCUT2D eigenvalue weighted by atomic mass is 16.6. The van der Waals surface area contributed by atoms with Crippen LogP contribution in [0.15, 0.2) is 60.3 Å². The maximum atomic E-state index is 13.2. The number of anilines is 1. The highest BCUT2D eigenvalue weighted by Gasteiger charge is 2.34. The Bertz CT molecular complexity index is 941. The summed E-state index contributed by atoms with van der Waals surface area (Å²) in [5.74, 6) is -0.156. The van der Waals surface area contributed by atoms with E-state index in [1.54, 1.807) is 23.2 Å². The van der Waals surface area contributed by atoms with E-state index in [4.69, 9.17) is 0 Å². The molecular weight excluding hydrogens is 356 g/mol. The molecule has 2 aromatic rings. The molecule has 0 aromatic heterocycles. The predicted molar refractivity (Wildman–Crippen MR) is 106 cm³/mol. The van der Waals surface area contributed by atoms with Crippen LogP contribution in [-0.4, -0.2) is 15.8 Å². The van der Waals surface area contributed by atoms with E-state index in [0.717, 1.165) is 37.1 Å².